The molecule has 0 N–H and O–H groups in total. The van der Waals surface area contributed by atoms with E-state index >= 15 is 0 Å². The van der Waals surface area contributed by atoms with Crippen molar-refractivity contribution >= 4 is 6.29 Å². The van der Waals surface area contributed by atoms with E-state index in [2.05, 4.69) is 31.2 Å². The highest BCUT2D eigenvalue weighted by Gasteiger charge is 2.33. The van der Waals surface area contributed by atoms with Crippen molar-refractivity contribution in [2.45, 2.75) is 38.0 Å². The molecule has 0 spiro atoms. The second-order valence-electron chi connectivity index (χ2n) is 5.28. The van der Waals surface area contributed by atoms with Gasteiger partial charge >= 0.3 is 0 Å². The Morgan fingerprint density at radius 3 is 1.75 bits per heavy atom. The molecule has 1 nitrogen and oxygen atoms in total. The van der Waals surface area contributed by atoms with Crippen LogP contribution in [0.25, 0.3) is 0 Å². The van der Waals surface area contributed by atoms with E-state index in [9.17, 15) is 4.79 Å². The van der Waals surface area contributed by atoms with Gasteiger partial charge in [0.2, 0.25) is 0 Å². The van der Waals surface area contributed by atoms with E-state index < -0.39 is 5.41 Å². The molecule has 2 aromatic carbocycles. The number of aldehydes is 1. The zero-order valence-corrected chi connectivity index (χ0v) is 12.1. The Morgan fingerprint density at radius 2 is 1.35 bits per heavy atom. The van der Waals surface area contributed by atoms with Crippen molar-refractivity contribution in [1.29, 1.82) is 0 Å². The van der Waals surface area contributed by atoms with Crippen molar-refractivity contribution in [2.75, 3.05) is 0 Å². The zero-order chi connectivity index (χ0) is 14.3. The van der Waals surface area contributed by atoms with Crippen molar-refractivity contribution in [2.24, 2.45) is 0 Å². The van der Waals surface area contributed by atoms with Crippen LogP contribution in [0.5, 0.6) is 0 Å². The minimum absolute atomic E-state index is 0.502. The van der Waals surface area contributed by atoms with Crippen molar-refractivity contribution in [3.63, 3.8) is 0 Å². The number of rotatable bonds is 7. The van der Waals surface area contributed by atoms with E-state index in [1.807, 2.05) is 36.4 Å². The molecule has 0 aliphatic rings. The Labute approximate surface area is 121 Å². The van der Waals surface area contributed by atoms with Crippen molar-refractivity contribution < 1.29 is 4.79 Å². The molecule has 0 radical (unpaired) electrons. The van der Waals surface area contributed by atoms with E-state index in [4.69, 9.17) is 0 Å². The van der Waals surface area contributed by atoms with Crippen LogP contribution in [0.1, 0.15) is 43.7 Å². The van der Waals surface area contributed by atoms with Gasteiger partial charge in [-0.2, -0.15) is 0 Å². The molecule has 0 fully saturated rings. The van der Waals surface area contributed by atoms with Gasteiger partial charge < -0.3 is 4.79 Å². The monoisotopic (exact) mass is 266 g/mol. The van der Waals surface area contributed by atoms with Gasteiger partial charge in [-0.3, -0.25) is 0 Å². The van der Waals surface area contributed by atoms with Gasteiger partial charge in [0, 0.05) is 0 Å². The fourth-order valence-electron chi connectivity index (χ4n) is 2.78. The Kier molecular flexibility index (Phi) is 5.11. The molecule has 0 aliphatic carbocycles. The first kappa shape index (κ1) is 14.5. The maximum Gasteiger partial charge on any atom is 0.134 e. The van der Waals surface area contributed by atoms with E-state index in [1.165, 1.54) is 6.42 Å². The summed E-state index contributed by atoms with van der Waals surface area (Å²) in [5.41, 5.74) is 1.69. The van der Waals surface area contributed by atoms with Crippen LogP contribution < -0.4 is 0 Å². The number of carbonyl (C=O) groups excluding carboxylic acids is 1. The van der Waals surface area contributed by atoms with Crippen molar-refractivity contribution in [1.82, 2.24) is 0 Å². The van der Waals surface area contributed by atoms with Crippen LogP contribution in [0, 0.1) is 0 Å². The first-order valence-corrected chi connectivity index (χ1v) is 7.41. The number of carbonyl (C=O) groups is 1. The third-order valence-corrected chi connectivity index (χ3v) is 3.95. The topological polar surface area (TPSA) is 17.1 Å². The van der Waals surface area contributed by atoms with Crippen molar-refractivity contribution in [3.8, 4) is 0 Å². The van der Waals surface area contributed by atoms with Crippen molar-refractivity contribution in [3.05, 3.63) is 71.8 Å². The van der Waals surface area contributed by atoms with Gasteiger partial charge in [-0.25, -0.2) is 0 Å². The van der Waals surface area contributed by atoms with Gasteiger partial charge in [-0.15, -0.1) is 0 Å². The minimum Gasteiger partial charge on any atom is -0.302 e. The molecule has 1 heteroatoms. The summed E-state index contributed by atoms with van der Waals surface area (Å²) in [5, 5.41) is 0. The standard InChI is InChI=1S/C19H22O/c1-2-3-10-15-19(16-20,17-11-6-4-7-12-17)18-13-8-5-9-14-18/h4-9,11-14,16H,2-3,10,15H2,1H3. The Hall–Kier alpha value is -1.89. The number of hydrogen-bond donors (Lipinski definition) is 0. The van der Waals surface area contributed by atoms with Crippen LogP contribution in [-0.2, 0) is 10.2 Å². The van der Waals surface area contributed by atoms with Gasteiger partial charge in [0.1, 0.15) is 6.29 Å². The van der Waals surface area contributed by atoms with Crippen LogP contribution in [0.2, 0.25) is 0 Å². The zero-order valence-electron chi connectivity index (χ0n) is 12.1. The lowest BCUT2D eigenvalue weighted by atomic mass is 9.72. The quantitative estimate of drug-likeness (QED) is 0.522. The molecule has 0 saturated carbocycles. The largest absolute Gasteiger partial charge is 0.302 e. The third kappa shape index (κ3) is 2.98. The second-order valence-corrected chi connectivity index (χ2v) is 5.28. The highest BCUT2D eigenvalue weighted by molar-refractivity contribution is 5.75. The lowest BCUT2D eigenvalue weighted by Gasteiger charge is -2.29. The van der Waals surface area contributed by atoms with Gasteiger partial charge in [0.15, 0.2) is 0 Å². The summed E-state index contributed by atoms with van der Waals surface area (Å²) in [6.45, 7) is 2.19. The highest BCUT2D eigenvalue weighted by Crippen LogP contribution is 2.35. The molecule has 0 bridgehead atoms. The van der Waals surface area contributed by atoms with Crippen LogP contribution in [-0.4, -0.2) is 6.29 Å². The van der Waals surface area contributed by atoms with Crippen LogP contribution in [0.3, 0.4) is 0 Å². The van der Waals surface area contributed by atoms with E-state index in [0.717, 1.165) is 36.7 Å². The average molecular weight is 266 g/mol. The predicted octanol–water partition coefficient (Wildman–Crippen LogP) is 4.75. The highest BCUT2D eigenvalue weighted by atomic mass is 16.1. The van der Waals surface area contributed by atoms with Crippen LogP contribution >= 0.6 is 0 Å². The summed E-state index contributed by atoms with van der Waals surface area (Å²) >= 11 is 0. The summed E-state index contributed by atoms with van der Waals surface area (Å²) < 4.78 is 0. The van der Waals surface area contributed by atoms with E-state index in [0.29, 0.717) is 0 Å². The maximum absolute atomic E-state index is 12.0. The summed E-state index contributed by atoms with van der Waals surface area (Å²) in [4.78, 5) is 12.0. The second kappa shape index (κ2) is 7.04. The molecule has 104 valence electrons. The smallest absolute Gasteiger partial charge is 0.134 e. The summed E-state index contributed by atoms with van der Waals surface area (Å²) in [6.07, 6.45) is 5.40. The number of hydrogen-bond acceptors (Lipinski definition) is 1. The predicted molar refractivity (Wildman–Crippen MR) is 83.9 cm³/mol. The van der Waals surface area contributed by atoms with Crippen LogP contribution in [0.4, 0.5) is 0 Å². The molecular formula is C19H22O. The molecule has 0 unspecified atom stereocenters. The molecule has 0 amide bonds. The Morgan fingerprint density at radius 1 is 0.850 bits per heavy atom. The van der Waals surface area contributed by atoms with Crippen LogP contribution in [0.15, 0.2) is 60.7 Å². The molecule has 0 heterocycles. The lowest BCUT2D eigenvalue weighted by molar-refractivity contribution is -0.111. The SMILES string of the molecule is CCCCCC(C=O)(c1ccccc1)c1ccccc1. The van der Waals surface area contributed by atoms with E-state index in [-0.39, 0.29) is 0 Å². The Balaban J connectivity index is 2.44. The molecule has 0 saturated heterocycles. The third-order valence-electron chi connectivity index (χ3n) is 3.95. The number of unbranched alkanes of at least 4 members (excludes halogenated alkanes) is 2. The fourth-order valence-corrected chi connectivity index (χ4v) is 2.78. The first-order valence-electron chi connectivity index (χ1n) is 7.41. The first-order chi connectivity index (χ1) is 9.83. The van der Waals surface area contributed by atoms with Gasteiger partial charge in [0.05, 0.1) is 5.41 Å². The molecule has 20 heavy (non-hydrogen) atoms. The number of benzene rings is 2. The minimum atomic E-state index is -0.502. The van der Waals surface area contributed by atoms with E-state index in [1.54, 1.807) is 0 Å². The summed E-state index contributed by atoms with van der Waals surface area (Å²) in [5.74, 6) is 0. The van der Waals surface area contributed by atoms with Gasteiger partial charge in [-0.1, -0.05) is 86.8 Å². The molecule has 0 aliphatic heterocycles. The summed E-state index contributed by atoms with van der Waals surface area (Å²) in [6, 6.07) is 20.3. The normalized spacial score (nSPS) is 11.2. The van der Waals surface area contributed by atoms with Gasteiger partial charge in [0.25, 0.3) is 0 Å². The van der Waals surface area contributed by atoms with Gasteiger partial charge in [-0.05, 0) is 17.5 Å². The maximum atomic E-state index is 12.0. The summed E-state index contributed by atoms with van der Waals surface area (Å²) in [7, 11) is 0. The molecule has 0 aromatic heterocycles. The molecular weight excluding hydrogens is 244 g/mol. The lowest BCUT2D eigenvalue weighted by Crippen LogP contribution is -2.29. The Bertz CT molecular complexity index is 476. The molecule has 2 aromatic rings. The average Bonchev–Trinajstić information content (AvgIpc) is 2.54. The molecule has 2 rings (SSSR count). The molecule has 0 atom stereocenters. The fraction of sp³-hybridized carbons (Fsp3) is 0.316.